The van der Waals surface area contributed by atoms with Crippen molar-refractivity contribution < 1.29 is 29.6 Å². The zero-order valence-electron chi connectivity index (χ0n) is 15.1. The van der Waals surface area contributed by atoms with Crippen LogP contribution in [0.15, 0.2) is 42.5 Å². The van der Waals surface area contributed by atoms with Gasteiger partial charge in [0.2, 0.25) is 0 Å². The van der Waals surface area contributed by atoms with E-state index in [1.807, 2.05) is 0 Å². The maximum atomic E-state index is 12.5. The Labute approximate surface area is 161 Å². The smallest absolute Gasteiger partial charge is 0.342 e. The zero-order valence-corrected chi connectivity index (χ0v) is 15.1. The van der Waals surface area contributed by atoms with Crippen molar-refractivity contribution in [2.24, 2.45) is 0 Å². The standard InChI is InChI=1S/C20H22N2O6/c23-13-8-6-12(7-9-13)19(26)22-15-11-21-10-2-5-17(15)28-20(27)14-3-1-4-16(24)18(14)25/h1,3-4,6-9,15,17,21,23-25H,2,5,10-11H2,(H,22,26)/t15-,17-/m1/s1. The zero-order chi connectivity index (χ0) is 20.1. The van der Waals surface area contributed by atoms with Crippen molar-refractivity contribution in [1.29, 1.82) is 0 Å². The summed E-state index contributed by atoms with van der Waals surface area (Å²) in [6.45, 7) is 1.13. The van der Waals surface area contributed by atoms with Gasteiger partial charge in [0.05, 0.1) is 6.04 Å². The second kappa shape index (κ2) is 8.62. The Morgan fingerprint density at radius 1 is 1.07 bits per heavy atom. The van der Waals surface area contributed by atoms with Crippen LogP contribution in [0.1, 0.15) is 33.6 Å². The van der Waals surface area contributed by atoms with Crippen molar-refractivity contribution in [2.75, 3.05) is 13.1 Å². The van der Waals surface area contributed by atoms with Crippen molar-refractivity contribution in [3.05, 3.63) is 53.6 Å². The van der Waals surface area contributed by atoms with E-state index in [9.17, 15) is 24.9 Å². The predicted molar refractivity (Wildman–Crippen MR) is 100 cm³/mol. The minimum atomic E-state index is -0.774. The molecule has 2 aromatic carbocycles. The average Bonchev–Trinajstić information content (AvgIpc) is 2.89. The number of carbonyl (C=O) groups is 2. The van der Waals surface area contributed by atoms with Crippen LogP contribution in [0.25, 0.3) is 0 Å². The maximum Gasteiger partial charge on any atom is 0.342 e. The van der Waals surface area contributed by atoms with E-state index in [0.29, 0.717) is 18.5 Å². The molecular formula is C20H22N2O6. The summed E-state index contributed by atoms with van der Waals surface area (Å²) in [6.07, 6.45) is 0.666. The Bertz CT molecular complexity index is 852. The lowest BCUT2D eigenvalue weighted by atomic mass is 10.1. The van der Waals surface area contributed by atoms with Crippen LogP contribution in [-0.4, -0.2) is 52.4 Å². The van der Waals surface area contributed by atoms with Crippen LogP contribution < -0.4 is 10.6 Å². The van der Waals surface area contributed by atoms with E-state index >= 15 is 0 Å². The molecule has 0 bridgehead atoms. The van der Waals surface area contributed by atoms with Gasteiger partial charge in [0.1, 0.15) is 17.4 Å². The molecule has 5 N–H and O–H groups in total. The van der Waals surface area contributed by atoms with Crippen molar-refractivity contribution in [2.45, 2.75) is 25.0 Å². The molecule has 0 aromatic heterocycles. The molecule has 1 aliphatic heterocycles. The van der Waals surface area contributed by atoms with Crippen LogP contribution >= 0.6 is 0 Å². The lowest BCUT2D eigenvalue weighted by Gasteiger charge is -2.26. The fourth-order valence-corrected chi connectivity index (χ4v) is 3.07. The third-order valence-corrected chi connectivity index (χ3v) is 4.59. The summed E-state index contributed by atoms with van der Waals surface area (Å²) in [7, 11) is 0. The molecule has 1 fully saturated rings. The molecule has 3 rings (SSSR count). The second-order valence-corrected chi connectivity index (χ2v) is 6.59. The van der Waals surface area contributed by atoms with Gasteiger partial charge in [0, 0.05) is 12.1 Å². The van der Waals surface area contributed by atoms with E-state index in [4.69, 9.17) is 4.74 Å². The summed E-state index contributed by atoms with van der Waals surface area (Å²) in [4.78, 5) is 25.0. The topological polar surface area (TPSA) is 128 Å². The summed E-state index contributed by atoms with van der Waals surface area (Å²) in [5.74, 6) is -2.01. The summed E-state index contributed by atoms with van der Waals surface area (Å²) in [6, 6.07) is 9.42. The fraction of sp³-hybridized carbons (Fsp3) is 0.300. The molecule has 0 radical (unpaired) electrons. The number of para-hydroxylation sites is 1. The first-order valence-electron chi connectivity index (χ1n) is 8.98. The lowest BCUT2D eigenvalue weighted by molar-refractivity contribution is 0.0188. The highest BCUT2D eigenvalue weighted by Crippen LogP contribution is 2.29. The molecule has 0 unspecified atom stereocenters. The number of nitrogens with one attached hydrogen (secondary N) is 2. The molecule has 28 heavy (non-hydrogen) atoms. The van der Waals surface area contributed by atoms with E-state index in [-0.39, 0.29) is 17.2 Å². The molecule has 2 atom stereocenters. The van der Waals surface area contributed by atoms with E-state index in [0.717, 1.165) is 13.0 Å². The lowest BCUT2D eigenvalue weighted by Crippen LogP contribution is -2.49. The molecule has 1 amide bonds. The number of amides is 1. The number of phenolic OH excluding ortho intramolecular Hbond substituents is 3. The number of esters is 1. The van der Waals surface area contributed by atoms with Gasteiger partial charge in [0.15, 0.2) is 11.5 Å². The Hall–Kier alpha value is -3.26. The number of carbonyl (C=O) groups excluding carboxylic acids is 2. The van der Waals surface area contributed by atoms with Gasteiger partial charge >= 0.3 is 5.97 Å². The number of rotatable bonds is 4. The molecule has 1 saturated heterocycles. The van der Waals surface area contributed by atoms with Crippen LogP contribution in [0.4, 0.5) is 0 Å². The Morgan fingerprint density at radius 2 is 1.82 bits per heavy atom. The van der Waals surface area contributed by atoms with Gasteiger partial charge in [-0.25, -0.2) is 4.79 Å². The van der Waals surface area contributed by atoms with Crippen LogP contribution in [0, 0.1) is 0 Å². The Kier molecular flexibility index (Phi) is 6.00. The molecular weight excluding hydrogens is 364 g/mol. The molecule has 0 aliphatic carbocycles. The van der Waals surface area contributed by atoms with Gasteiger partial charge in [-0.15, -0.1) is 0 Å². The number of ether oxygens (including phenoxy) is 1. The van der Waals surface area contributed by atoms with Gasteiger partial charge in [0.25, 0.3) is 5.91 Å². The number of aromatic hydroxyl groups is 3. The summed E-state index contributed by atoms with van der Waals surface area (Å²) in [5, 5.41) is 34.9. The van der Waals surface area contributed by atoms with Crippen molar-refractivity contribution >= 4 is 11.9 Å². The van der Waals surface area contributed by atoms with Crippen LogP contribution in [0.5, 0.6) is 17.2 Å². The van der Waals surface area contributed by atoms with Crippen molar-refractivity contribution in [3.63, 3.8) is 0 Å². The number of hydrogen-bond acceptors (Lipinski definition) is 7. The summed E-state index contributed by atoms with van der Waals surface area (Å²) in [5.41, 5.74) is 0.235. The first kappa shape index (κ1) is 19.5. The summed E-state index contributed by atoms with van der Waals surface area (Å²) >= 11 is 0. The molecule has 8 nitrogen and oxygen atoms in total. The maximum absolute atomic E-state index is 12.5. The van der Waals surface area contributed by atoms with E-state index in [2.05, 4.69) is 10.6 Å². The monoisotopic (exact) mass is 386 g/mol. The number of benzene rings is 2. The molecule has 8 heteroatoms. The number of hydrogen-bond donors (Lipinski definition) is 5. The van der Waals surface area contributed by atoms with Crippen molar-refractivity contribution in [3.8, 4) is 17.2 Å². The molecule has 0 spiro atoms. The molecule has 0 saturated carbocycles. The number of phenols is 3. The van der Waals surface area contributed by atoms with E-state index in [1.165, 1.54) is 42.5 Å². The molecule has 1 aliphatic rings. The van der Waals surface area contributed by atoms with Gasteiger partial charge in [-0.2, -0.15) is 0 Å². The van der Waals surface area contributed by atoms with E-state index in [1.54, 1.807) is 0 Å². The van der Waals surface area contributed by atoms with Crippen molar-refractivity contribution in [1.82, 2.24) is 10.6 Å². The van der Waals surface area contributed by atoms with E-state index < -0.39 is 29.6 Å². The van der Waals surface area contributed by atoms with Gasteiger partial charge < -0.3 is 30.7 Å². The third kappa shape index (κ3) is 4.52. The van der Waals surface area contributed by atoms with Crippen LogP contribution in [-0.2, 0) is 4.74 Å². The molecule has 148 valence electrons. The Morgan fingerprint density at radius 3 is 2.57 bits per heavy atom. The SMILES string of the molecule is O=C(N[C@@H]1CNCCC[C@H]1OC(=O)c1cccc(O)c1O)c1ccc(O)cc1. The Balaban J connectivity index is 1.73. The normalized spacial score (nSPS) is 19.4. The molecule has 1 heterocycles. The van der Waals surface area contributed by atoms with Gasteiger partial charge in [-0.3, -0.25) is 4.79 Å². The van der Waals surface area contributed by atoms with Gasteiger partial charge in [-0.05, 0) is 55.8 Å². The first-order chi connectivity index (χ1) is 13.5. The first-order valence-corrected chi connectivity index (χ1v) is 8.98. The second-order valence-electron chi connectivity index (χ2n) is 6.59. The summed E-state index contributed by atoms with van der Waals surface area (Å²) < 4.78 is 5.56. The largest absolute Gasteiger partial charge is 0.508 e. The minimum absolute atomic E-state index is 0.0606. The highest BCUT2D eigenvalue weighted by atomic mass is 16.5. The predicted octanol–water partition coefficient (Wildman–Crippen LogP) is 1.51. The highest BCUT2D eigenvalue weighted by molar-refractivity contribution is 5.95. The van der Waals surface area contributed by atoms with Gasteiger partial charge in [-0.1, -0.05) is 6.07 Å². The van der Waals surface area contributed by atoms with Crippen LogP contribution in [0.3, 0.4) is 0 Å². The minimum Gasteiger partial charge on any atom is -0.508 e. The fourth-order valence-electron chi connectivity index (χ4n) is 3.07. The average molecular weight is 386 g/mol. The quantitative estimate of drug-likeness (QED) is 0.398. The highest BCUT2D eigenvalue weighted by Gasteiger charge is 2.30. The molecule has 2 aromatic rings. The third-order valence-electron chi connectivity index (χ3n) is 4.59. The van der Waals surface area contributed by atoms with Crippen LogP contribution in [0.2, 0.25) is 0 Å².